The van der Waals surface area contributed by atoms with Crippen LogP contribution in [0.2, 0.25) is 0 Å². The summed E-state index contributed by atoms with van der Waals surface area (Å²) >= 11 is 0. The van der Waals surface area contributed by atoms with E-state index >= 15 is 0 Å². The van der Waals surface area contributed by atoms with Gasteiger partial charge in [-0.1, -0.05) is 18.2 Å². The molecule has 92 valence electrons. The van der Waals surface area contributed by atoms with Gasteiger partial charge in [-0.15, -0.1) is 0 Å². The monoisotopic (exact) mass is 233 g/mol. The highest BCUT2D eigenvalue weighted by atomic mass is 16.5. The van der Waals surface area contributed by atoms with Gasteiger partial charge in [0, 0.05) is 18.8 Å². The Bertz CT molecular complexity index is 480. The summed E-state index contributed by atoms with van der Waals surface area (Å²) in [7, 11) is 2.06. The Balaban J connectivity index is 0.000000185. The van der Waals surface area contributed by atoms with E-state index in [1.165, 1.54) is 10.9 Å². The molecule has 0 saturated carbocycles. The van der Waals surface area contributed by atoms with Crippen LogP contribution >= 0.6 is 0 Å². The number of rotatable bonds is 1. The third-order valence-corrected chi connectivity index (χ3v) is 2.20. The standard InChI is InChI=1S/C9H9N.C5H10O2/c1-10-7-6-8-4-2-3-5-9(8)10;1-5(2,3)7-4-6/h2-7H,1H3;4H,1-3H3. The van der Waals surface area contributed by atoms with E-state index in [-0.39, 0.29) is 5.60 Å². The van der Waals surface area contributed by atoms with E-state index in [2.05, 4.69) is 52.9 Å². The lowest BCUT2D eigenvalue weighted by Gasteiger charge is -2.14. The molecule has 0 bridgehead atoms. The molecule has 1 heterocycles. The minimum absolute atomic E-state index is 0.318. The largest absolute Gasteiger partial charge is 0.462 e. The molecule has 0 radical (unpaired) electrons. The molecule has 0 amide bonds. The zero-order valence-electron chi connectivity index (χ0n) is 10.8. The van der Waals surface area contributed by atoms with Crippen LogP contribution in [-0.4, -0.2) is 16.6 Å². The van der Waals surface area contributed by atoms with Crippen molar-refractivity contribution in [1.82, 2.24) is 4.57 Å². The average molecular weight is 233 g/mol. The maximum Gasteiger partial charge on any atom is 0.293 e. The molecule has 0 spiro atoms. The molecule has 2 rings (SSSR count). The fraction of sp³-hybridized carbons (Fsp3) is 0.357. The van der Waals surface area contributed by atoms with Crippen LogP contribution in [0.25, 0.3) is 10.9 Å². The molecule has 0 atom stereocenters. The Morgan fingerprint density at radius 1 is 1.18 bits per heavy atom. The van der Waals surface area contributed by atoms with Crippen molar-refractivity contribution >= 4 is 17.4 Å². The summed E-state index contributed by atoms with van der Waals surface area (Å²) in [6.07, 6.45) is 2.07. The molecular weight excluding hydrogens is 214 g/mol. The predicted molar refractivity (Wildman–Crippen MR) is 69.8 cm³/mol. The summed E-state index contributed by atoms with van der Waals surface area (Å²) in [6.45, 7) is 5.92. The molecule has 1 aromatic carbocycles. The normalized spacial score (nSPS) is 10.6. The van der Waals surface area contributed by atoms with Crippen LogP contribution in [0.4, 0.5) is 0 Å². The van der Waals surface area contributed by atoms with Crippen LogP contribution < -0.4 is 0 Å². The number of carbonyl (C=O) groups excluding carboxylic acids is 1. The van der Waals surface area contributed by atoms with Gasteiger partial charge in [-0.2, -0.15) is 0 Å². The highest BCUT2D eigenvalue weighted by Gasteiger charge is 2.07. The zero-order chi connectivity index (χ0) is 12.9. The molecule has 0 unspecified atom stereocenters. The van der Waals surface area contributed by atoms with Gasteiger partial charge in [-0.05, 0) is 38.3 Å². The smallest absolute Gasteiger partial charge is 0.293 e. The number of hydrogen-bond acceptors (Lipinski definition) is 2. The maximum absolute atomic E-state index is 9.60. The minimum atomic E-state index is -0.318. The Morgan fingerprint density at radius 3 is 2.29 bits per heavy atom. The van der Waals surface area contributed by atoms with Crippen LogP contribution in [0.5, 0.6) is 0 Å². The van der Waals surface area contributed by atoms with Crippen molar-refractivity contribution < 1.29 is 9.53 Å². The number of aryl methyl sites for hydroxylation is 1. The molecule has 3 nitrogen and oxygen atoms in total. The lowest BCUT2D eigenvalue weighted by atomic mass is 10.2. The Kier molecular flexibility index (Phi) is 4.32. The Hall–Kier alpha value is -1.77. The van der Waals surface area contributed by atoms with E-state index in [4.69, 9.17) is 0 Å². The topological polar surface area (TPSA) is 31.2 Å². The minimum Gasteiger partial charge on any atom is -0.462 e. The van der Waals surface area contributed by atoms with E-state index in [1.54, 1.807) is 0 Å². The second-order valence-corrected chi connectivity index (χ2v) is 4.81. The summed E-state index contributed by atoms with van der Waals surface area (Å²) in [4.78, 5) is 9.60. The van der Waals surface area contributed by atoms with E-state index in [0.717, 1.165) is 0 Å². The molecule has 0 N–H and O–H groups in total. The van der Waals surface area contributed by atoms with Crippen molar-refractivity contribution in [2.24, 2.45) is 7.05 Å². The van der Waals surface area contributed by atoms with Crippen molar-refractivity contribution in [3.05, 3.63) is 36.5 Å². The van der Waals surface area contributed by atoms with Gasteiger partial charge in [0.25, 0.3) is 6.47 Å². The molecule has 0 fully saturated rings. The molecule has 1 aromatic heterocycles. The van der Waals surface area contributed by atoms with Crippen LogP contribution in [0, 0.1) is 0 Å². The Labute approximate surface area is 102 Å². The fourth-order valence-corrected chi connectivity index (χ4v) is 1.37. The molecule has 0 aliphatic rings. The average Bonchev–Trinajstić information content (AvgIpc) is 2.61. The third-order valence-electron chi connectivity index (χ3n) is 2.20. The van der Waals surface area contributed by atoms with E-state index < -0.39 is 0 Å². The predicted octanol–water partition coefficient (Wildman–Crippen LogP) is 3.14. The summed E-state index contributed by atoms with van der Waals surface area (Å²) in [5.74, 6) is 0. The second kappa shape index (κ2) is 5.53. The van der Waals surface area contributed by atoms with E-state index in [1.807, 2.05) is 20.8 Å². The summed E-state index contributed by atoms with van der Waals surface area (Å²) in [5, 5.41) is 1.31. The number of para-hydroxylation sites is 1. The van der Waals surface area contributed by atoms with Gasteiger partial charge >= 0.3 is 0 Å². The summed E-state index contributed by atoms with van der Waals surface area (Å²) < 4.78 is 6.67. The summed E-state index contributed by atoms with van der Waals surface area (Å²) in [6, 6.07) is 10.5. The number of benzene rings is 1. The first-order chi connectivity index (χ1) is 7.94. The van der Waals surface area contributed by atoms with E-state index in [0.29, 0.717) is 6.47 Å². The van der Waals surface area contributed by atoms with Crippen LogP contribution in [0.15, 0.2) is 36.5 Å². The van der Waals surface area contributed by atoms with Crippen molar-refractivity contribution in [3.8, 4) is 0 Å². The SMILES string of the molecule is CC(C)(C)OC=O.Cn1ccc2ccccc21. The molecule has 3 heteroatoms. The number of hydrogen-bond donors (Lipinski definition) is 0. The fourth-order valence-electron chi connectivity index (χ4n) is 1.37. The van der Waals surface area contributed by atoms with Gasteiger partial charge in [0.15, 0.2) is 0 Å². The maximum atomic E-state index is 9.60. The van der Waals surface area contributed by atoms with E-state index in [9.17, 15) is 4.79 Å². The van der Waals surface area contributed by atoms with Crippen LogP contribution in [-0.2, 0) is 16.6 Å². The molecule has 0 aliphatic heterocycles. The first-order valence-electron chi connectivity index (χ1n) is 5.55. The van der Waals surface area contributed by atoms with Gasteiger partial charge in [-0.25, -0.2) is 0 Å². The number of fused-ring (bicyclic) bond motifs is 1. The summed E-state index contributed by atoms with van der Waals surface area (Å²) in [5.41, 5.74) is 0.976. The number of aromatic nitrogens is 1. The molecular formula is C14H19NO2. The second-order valence-electron chi connectivity index (χ2n) is 4.81. The number of ether oxygens (including phenoxy) is 1. The van der Waals surface area contributed by atoms with Gasteiger partial charge < -0.3 is 9.30 Å². The third kappa shape index (κ3) is 4.31. The van der Waals surface area contributed by atoms with Gasteiger partial charge in [0.05, 0.1) is 0 Å². The van der Waals surface area contributed by atoms with Crippen LogP contribution in [0.3, 0.4) is 0 Å². The quantitative estimate of drug-likeness (QED) is 0.708. The lowest BCUT2D eigenvalue weighted by Crippen LogP contribution is -2.17. The Morgan fingerprint density at radius 2 is 1.82 bits per heavy atom. The number of carbonyl (C=O) groups is 1. The highest BCUT2D eigenvalue weighted by molar-refractivity contribution is 5.79. The highest BCUT2D eigenvalue weighted by Crippen LogP contribution is 2.12. The molecule has 0 saturated heterocycles. The lowest BCUT2D eigenvalue weighted by molar-refractivity contribution is -0.138. The van der Waals surface area contributed by atoms with Gasteiger partial charge in [0.2, 0.25) is 0 Å². The first kappa shape index (κ1) is 13.3. The molecule has 0 aliphatic carbocycles. The van der Waals surface area contributed by atoms with Crippen molar-refractivity contribution in [2.75, 3.05) is 0 Å². The first-order valence-corrected chi connectivity index (χ1v) is 5.55. The van der Waals surface area contributed by atoms with Crippen molar-refractivity contribution in [1.29, 1.82) is 0 Å². The van der Waals surface area contributed by atoms with Crippen molar-refractivity contribution in [3.63, 3.8) is 0 Å². The zero-order valence-corrected chi connectivity index (χ0v) is 10.8. The number of nitrogens with zero attached hydrogens (tertiary/aromatic N) is 1. The molecule has 17 heavy (non-hydrogen) atoms. The van der Waals surface area contributed by atoms with Gasteiger partial charge in [0.1, 0.15) is 5.60 Å². The molecule has 2 aromatic rings. The van der Waals surface area contributed by atoms with Crippen LogP contribution in [0.1, 0.15) is 20.8 Å². The van der Waals surface area contributed by atoms with Crippen molar-refractivity contribution in [2.45, 2.75) is 26.4 Å². The van der Waals surface area contributed by atoms with Gasteiger partial charge in [-0.3, -0.25) is 4.79 Å².